The number of methoxy groups -OCH3 is 1. The second-order valence-electron chi connectivity index (χ2n) is 6.72. The van der Waals surface area contributed by atoms with Gasteiger partial charge >= 0.3 is 0 Å². The maximum absolute atomic E-state index is 13.0. The molecule has 3 heterocycles. The average molecular weight is 358 g/mol. The number of hydrogen-bond acceptors (Lipinski definition) is 5. The molecule has 0 spiro atoms. The maximum Gasteiger partial charge on any atom is 0.254 e. The molecule has 140 valence electrons. The number of pyridine rings is 1. The standard InChI is InChI=1S/C19H26N4O3/c1-5-26-12-16-10-23(11-17(16)15-8-20-22(3)9-15)19(24)14-6-13(2)21-18(7-14)25-4/h6-9,16-17H,5,10-12H2,1-4H3/t16-,17-/m0/s1. The van der Waals surface area contributed by atoms with Crippen LogP contribution in [0.4, 0.5) is 0 Å². The van der Waals surface area contributed by atoms with Gasteiger partial charge in [0, 0.05) is 62.1 Å². The van der Waals surface area contributed by atoms with Crippen molar-refractivity contribution in [2.45, 2.75) is 19.8 Å². The zero-order chi connectivity index (χ0) is 18.7. The molecule has 7 nitrogen and oxygen atoms in total. The Morgan fingerprint density at radius 3 is 2.81 bits per heavy atom. The first kappa shape index (κ1) is 18.4. The lowest BCUT2D eigenvalue weighted by Crippen LogP contribution is -2.29. The van der Waals surface area contributed by atoms with Crippen molar-refractivity contribution < 1.29 is 14.3 Å². The number of aromatic nitrogens is 3. The van der Waals surface area contributed by atoms with Crippen LogP contribution in [0.5, 0.6) is 5.88 Å². The van der Waals surface area contributed by atoms with E-state index in [-0.39, 0.29) is 17.7 Å². The highest BCUT2D eigenvalue weighted by atomic mass is 16.5. The number of amides is 1. The van der Waals surface area contributed by atoms with E-state index >= 15 is 0 Å². The van der Waals surface area contributed by atoms with Crippen LogP contribution < -0.4 is 4.74 Å². The van der Waals surface area contributed by atoms with Crippen LogP contribution in [0.3, 0.4) is 0 Å². The van der Waals surface area contributed by atoms with Crippen LogP contribution in [0.15, 0.2) is 24.5 Å². The summed E-state index contributed by atoms with van der Waals surface area (Å²) in [6.45, 7) is 6.49. The summed E-state index contributed by atoms with van der Waals surface area (Å²) in [5.74, 6) is 0.945. The fraction of sp³-hybridized carbons (Fsp3) is 0.526. The molecule has 0 aliphatic carbocycles. The zero-order valence-electron chi connectivity index (χ0n) is 15.8. The molecule has 7 heteroatoms. The summed E-state index contributed by atoms with van der Waals surface area (Å²) in [5.41, 5.74) is 2.52. The molecule has 1 amide bonds. The minimum absolute atomic E-state index is 0.00156. The van der Waals surface area contributed by atoms with Crippen LogP contribution >= 0.6 is 0 Å². The molecule has 0 radical (unpaired) electrons. The normalized spacial score (nSPS) is 19.8. The van der Waals surface area contributed by atoms with Crippen molar-refractivity contribution >= 4 is 5.91 Å². The molecule has 3 rings (SSSR count). The molecular formula is C19H26N4O3. The van der Waals surface area contributed by atoms with E-state index in [0.717, 1.165) is 11.3 Å². The third-order valence-electron chi connectivity index (χ3n) is 4.80. The smallest absolute Gasteiger partial charge is 0.254 e. The molecule has 0 unspecified atom stereocenters. The minimum Gasteiger partial charge on any atom is -0.481 e. The van der Waals surface area contributed by atoms with Gasteiger partial charge in [0.2, 0.25) is 5.88 Å². The topological polar surface area (TPSA) is 69.5 Å². The first-order chi connectivity index (χ1) is 12.5. The highest BCUT2D eigenvalue weighted by molar-refractivity contribution is 5.94. The maximum atomic E-state index is 13.0. The van der Waals surface area contributed by atoms with Gasteiger partial charge in [0.25, 0.3) is 5.91 Å². The van der Waals surface area contributed by atoms with Crippen molar-refractivity contribution in [1.82, 2.24) is 19.7 Å². The van der Waals surface area contributed by atoms with E-state index in [2.05, 4.69) is 10.1 Å². The van der Waals surface area contributed by atoms with Crippen LogP contribution in [0.1, 0.15) is 34.5 Å². The molecule has 0 N–H and O–H groups in total. The highest BCUT2D eigenvalue weighted by Crippen LogP contribution is 2.33. The number of nitrogens with zero attached hydrogens (tertiary/aromatic N) is 4. The number of carbonyl (C=O) groups excluding carboxylic acids is 1. The van der Waals surface area contributed by atoms with E-state index in [1.54, 1.807) is 23.9 Å². The summed E-state index contributed by atoms with van der Waals surface area (Å²) in [6, 6.07) is 3.50. The summed E-state index contributed by atoms with van der Waals surface area (Å²) in [4.78, 5) is 19.2. The van der Waals surface area contributed by atoms with E-state index < -0.39 is 0 Å². The van der Waals surface area contributed by atoms with Crippen LogP contribution in [-0.4, -0.2) is 59.0 Å². The third-order valence-corrected chi connectivity index (χ3v) is 4.80. The van der Waals surface area contributed by atoms with E-state index in [4.69, 9.17) is 9.47 Å². The van der Waals surface area contributed by atoms with Crippen LogP contribution in [0.25, 0.3) is 0 Å². The van der Waals surface area contributed by atoms with Crippen LogP contribution in [0.2, 0.25) is 0 Å². The Bertz CT molecular complexity index is 774. The van der Waals surface area contributed by atoms with Gasteiger partial charge in [-0.05, 0) is 25.5 Å². The molecule has 2 aromatic heterocycles. The van der Waals surface area contributed by atoms with Gasteiger partial charge in [-0.1, -0.05) is 0 Å². The Morgan fingerprint density at radius 2 is 2.15 bits per heavy atom. The van der Waals surface area contributed by atoms with E-state index in [9.17, 15) is 4.79 Å². The molecule has 1 saturated heterocycles. The largest absolute Gasteiger partial charge is 0.481 e. The fourth-order valence-electron chi connectivity index (χ4n) is 3.53. The van der Waals surface area contributed by atoms with Gasteiger partial charge < -0.3 is 14.4 Å². The van der Waals surface area contributed by atoms with Gasteiger partial charge in [-0.2, -0.15) is 5.10 Å². The van der Waals surface area contributed by atoms with Gasteiger partial charge in [-0.3, -0.25) is 9.48 Å². The second kappa shape index (κ2) is 7.86. The molecule has 0 aromatic carbocycles. The highest BCUT2D eigenvalue weighted by Gasteiger charge is 2.37. The van der Waals surface area contributed by atoms with Crippen molar-refractivity contribution in [1.29, 1.82) is 0 Å². The SMILES string of the molecule is CCOC[C@@H]1CN(C(=O)c2cc(C)nc(OC)c2)C[C@H]1c1cnn(C)c1. The van der Waals surface area contributed by atoms with Crippen LogP contribution in [0, 0.1) is 12.8 Å². The fourth-order valence-corrected chi connectivity index (χ4v) is 3.53. The van der Waals surface area contributed by atoms with Crippen molar-refractivity contribution in [3.05, 3.63) is 41.3 Å². The lowest BCUT2D eigenvalue weighted by molar-refractivity contribution is 0.0762. The first-order valence-electron chi connectivity index (χ1n) is 8.90. The molecule has 0 saturated carbocycles. The third kappa shape index (κ3) is 3.88. The summed E-state index contributed by atoms with van der Waals surface area (Å²) >= 11 is 0. The zero-order valence-corrected chi connectivity index (χ0v) is 15.8. The lowest BCUT2D eigenvalue weighted by Gasteiger charge is -2.17. The Hall–Kier alpha value is -2.41. The molecule has 0 bridgehead atoms. The predicted molar refractivity (Wildman–Crippen MR) is 97.4 cm³/mol. The molecular weight excluding hydrogens is 332 g/mol. The van der Waals surface area contributed by atoms with Gasteiger partial charge in [-0.15, -0.1) is 0 Å². The lowest BCUT2D eigenvalue weighted by atomic mass is 9.92. The summed E-state index contributed by atoms with van der Waals surface area (Å²) in [7, 11) is 3.47. The van der Waals surface area contributed by atoms with Gasteiger partial charge in [0.05, 0.1) is 19.9 Å². The van der Waals surface area contributed by atoms with Crippen molar-refractivity contribution in [3.63, 3.8) is 0 Å². The first-order valence-corrected chi connectivity index (χ1v) is 8.90. The van der Waals surface area contributed by atoms with Gasteiger partial charge in [0.1, 0.15) is 0 Å². The number of aryl methyl sites for hydroxylation is 2. The van der Waals surface area contributed by atoms with Gasteiger partial charge in [0.15, 0.2) is 0 Å². The van der Waals surface area contributed by atoms with Crippen molar-refractivity contribution in [2.24, 2.45) is 13.0 Å². The van der Waals surface area contributed by atoms with E-state index in [1.807, 2.05) is 38.2 Å². The molecule has 1 aliphatic heterocycles. The van der Waals surface area contributed by atoms with Gasteiger partial charge in [-0.25, -0.2) is 4.98 Å². The molecule has 2 aromatic rings. The Balaban J connectivity index is 1.82. The van der Waals surface area contributed by atoms with Crippen molar-refractivity contribution in [3.8, 4) is 5.88 Å². The minimum atomic E-state index is 0.00156. The van der Waals surface area contributed by atoms with Crippen LogP contribution in [-0.2, 0) is 11.8 Å². The number of carbonyl (C=O) groups is 1. The Kier molecular flexibility index (Phi) is 5.56. The quantitative estimate of drug-likeness (QED) is 0.790. The summed E-state index contributed by atoms with van der Waals surface area (Å²) < 4.78 is 12.7. The number of rotatable bonds is 6. The molecule has 1 aliphatic rings. The van der Waals surface area contributed by atoms with Crippen molar-refractivity contribution in [2.75, 3.05) is 33.4 Å². The van der Waals surface area contributed by atoms with E-state index in [0.29, 0.717) is 37.7 Å². The monoisotopic (exact) mass is 358 g/mol. The second-order valence-corrected chi connectivity index (χ2v) is 6.72. The average Bonchev–Trinajstić information content (AvgIpc) is 3.24. The predicted octanol–water partition coefficient (Wildman–Crippen LogP) is 2.02. The number of ether oxygens (including phenoxy) is 2. The van der Waals surface area contributed by atoms with E-state index in [1.165, 1.54) is 0 Å². The molecule has 2 atom stereocenters. The Labute approximate surface area is 153 Å². The number of hydrogen-bond donors (Lipinski definition) is 0. The summed E-state index contributed by atoms with van der Waals surface area (Å²) in [5, 5.41) is 4.29. The Morgan fingerprint density at radius 1 is 1.35 bits per heavy atom. The molecule has 26 heavy (non-hydrogen) atoms. The molecule has 1 fully saturated rings. The summed E-state index contributed by atoms with van der Waals surface area (Å²) in [6.07, 6.45) is 3.91. The number of likely N-dealkylation sites (tertiary alicyclic amines) is 1.